The second-order valence-electron chi connectivity index (χ2n) is 8.08. The fourth-order valence-corrected chi connectivity index (χ4v) is 3.27. The van der Waals surface area contributed by atoms with Crippen molar-refractivity contribution >= 4 is 19.7 Å². The Bertz CT molecular complexity index is 575. The first-order chi connectivity index (χ1) is 15.8. The summed E-state index contributed by atoms with van der Waals surface area (Å²) in [7, 11) is -4.58. The molecule has 0 spiro atoms. The highest BCUT2D eigenvalue weighted by Gasteiger charge is 2.38. The van der Waals surface area contributed by atoms with Gasteiger partial charge in [0.2, 0.25) is 5.91 Å². The van der Waals surface area contributed by atoms with Gasteiger partial charge in [-0.25, -0.2) is 9.36 Å². The van der Waals surface area contributed by atoms with E-state index in [4.69, 9.17) is 25.4 Å². The SMILES string of the molecule is CCCCCCCCCCCCCCCCNC(=O)[C@@H](N)COP(=O)(O)O.O=C(O)C(F)(F)F. The standard InChI is InChI=1S/C19H41N2O5P.C2HF3O2/c1-2-3-4-5-6-7-8-9-10-11-12-13-14-15-16-21-19(22)18(20)17-26-27(23,24)25;3-2(4,5)1(6)7/h18H,2-17,20H2,1H3,(H,21,22)(H2,23,24,25);(H,6,7)/t18-;/m0./s1. The second kappa shape index (κ2) is 21.1. The third-order valence-corrected chi connectivity index (χ3v) is 5.32. The second-order valence-corrected chi connectivity index (χ2v) is 9.32. The third kappa shape index (κ3) is 27.0. The Morgan fingerprint density at radius 2 is 1.24 bits per heavy atom. The molecule has 0 bridgehead atoms. The molecule has 6 N–H and O–H groups in total. The zero-order valence-corrected chi connectivity index (χ0v) is 20.9. The molecule has 0 aliphatic carbocycles. The minimum Gasteiger partial charge on any atom is -0.475 e. The van der Waals surface area contributed by atoms with E-state index >= 15 is 0 Å². The van der Waals surface area contributed by atoms with Gasteiger partial charge in [-0.3, -0.25) is 9.32 Å². The van der Waals surface area contributed by atoms with Crippen molar-refractivity contribution in [3.05, 3.63) is 0 Å². The Hall–Kier alpha value is -1.20. The molecular weight excluding hydrogens is 480 g/mol. The lowest BCUT2D eigenvalue weighted by molar-refractivity contribution is -0.192. The number of amides is 1. The highest BCUT2D eigenvalue weighted by molar-refractivity contribution is 7.46. The summed E-state index contributed by atoms with van der Waals surface area (Å²) in [6.07, 6.45) is 12.8. The molecular formula is C21H42F3N2O7P. The highest BCUT2D eigenvalue weighted by Crippen LogP contribution is 2.35. The van der Waals surface area contributed by atoms with Gasteiger partial charge in [-0.1, -0.05) is 90.4 Å². The van der Waals surface area contributed by atoms with Crippen molar-refractivity contribution in [3.63, 3.8) is 0 Å². The van der Waals surface area contributed by atoms with Crippen molar-refractivity contribution in [2.45, 2.75) is 109 Å². The van der Waals surface area contributed by atoms with Crippen LogP contribution in [-0.2, 0) is 18.7 Å². The molecule has 0 aromatic heterocycles. The number of phosphoric ester groups is 1. The summed E-state index contributed by atoms with van der Waals surface area (Å²) in [6.45, 7) is 2.29. The molecule has 0 unspecified atom stereocenters. The fourth-order valence-electron chi connectivity index (χ4n) is 2.92. The van der Waals surface area contributed by atoms with E-state index in [2.05, 4.69) is 16.8 Å². The highest BCUT2D eigenvalue weighted by atomic mass is 31.2. The van der Waals surface area contributed by atoms with Crippen LogP contribution in [0.1, 0.15) is 96.8 Å². The van der Waals surface area contributed by atoms with Crippen LogP contribution in [0.3, 0.4) is 0 Å². The number of phosphoric acid groups is 1. The Morgan fingerprint density at radius 3 is 1.56 bits per heavy atom. The molecule has 0 saturated carbocycles. The maximum absolute atomic E-state index is 11.6. The molecule has 0 aromatic carbocycles. The molecule has 0 heterocycles. The van der Waals surface area contributed by atoms with Crippen LogP contribution in [0.5, 0.6) is 0 Å². The lowest BCUT2D eigenvalue weighted by Gasteiger charge is -2.12. The van der Waals surface area contributed by atoms with E-state index in [1.165, 1.54) is 77.0 Å². The maximum atomic E-state index is 11.6. The number of aliphatic carboxylic acids is 1. The Labute approximate surface area is 200 Å². The molecule has 0 rings (SSSR count). The zero-order valence-electron chi connectivity index (χ0n) is 20.0. The number of carboxylic acid groups (broad SMARTS) is 1. The zero-order chi connectivity index (χ0) is 26.5. The van der Waals surface area contributed by atoms with Crippen LogP contribution in [-0.4, -0.2) is 52.1 Å². The number of carbonyl (C=O) groups is 2. The number of alkyl halides is 3. The smallest absolute Gasteiger partial charge is 0.475 e. The van der Waals surface area contributed by atoms with Crippen molar-refractivity contribution in [3.8, 4) is 0 Å². The topological polar surface area (TPSA) is 159 Å². The van der Waals surface area contributed by atoms with Gasteiger partial charge in [-0.15, -0.1) is 0 Å². The summed E-state index contributed by atoms with van der Waals surface area (Å²) in [6, 6.07) is -1.07. The molecule has 9 nitrogen and oxygen atoms in total. The summed E-state index contributed by atoms with van der Waals surface area (Å²) >= 11 is 0. The van der Waals surface area contributed by atoms with Crippen LogP contribution < -0.4 is 11.1 Å². The predicted molar refractivity (Wildman–Crippen MR) is 123 cm³/mol. The van der Waals surface area contributed by atoms with E-state index < -0.39 is 38.5 Å². The first-order valence-electron chi connectivity index (χ1n) is 11.8. The first kappa shape index (κ1) is 35.0. The summed E-state index contributed by atoms with van der Waals surface area (Å²) in [4.78, 5) is 37.7. The van der Waals surface area contributed by atoms with E-state index in [1.54, 1.807) is 0 Å². The monoisotopic (exact) mass is 522 g/mol. The molecule has 0 fully saturated rings. The lowest BCUT2D eigenvalue weighted by Crippen LogP contribution is -2.43. The number of nitrogens with one attached hydrogen (secondary N) is 1. The van der Waals surface area contributed by atoms with E-state index in [9.17, 15) is 22.5 Å². The van der Waals surface area contributed by atoms with Crippen LogP contribution >= 0.6 is 7.82 Å². The number of carboxylic acids is 1. The molecule has 0 radical (unpaired) electrons. The Balaban J connectivity index is 0. The van der Waals surface area contributed by atoms with Gasteiger partial charge in [0.05, 0.1) is 6.61 Å². The van der Waals surface area contributed by atoms with E-state index in [0.29, 0.717) is 6.54 Å². The predicted octanol–water partition coefficient (Wildman–Crippen LogP) is 4.65. The summed E-state index contributed by atoms with van der Waals surface area (Å²) in [5.41, 5.74) is 5.50. The first-order valence-corrected chi connectivity index (χ1v) is 13.4. The lowest BCUT2D eigenvalue weighted by atomic mass is 10.0. The number of rotatable bonds is 19. The van der Waals surface area contributed by atoms with Gasteiger partial charge >= 0.3 is 20.0 Å². The Morgan fingerprint density at radius 1 is 0.882 bits per heavy atom. The van der Waals surface area contributed by atoms with Crippen molar-refractivity contribution in [1.82, 2.24) is 5.32 Å². The molecule has 1 amide bonds. The Kier molecular flexibility index (Phi) is 21.7. The minimum absolute atomic E-state index is 0.446. The quantitative estimate of drug-likeness (QED) is 0.121. The van der Waals surface area contributed by atoms with E-state index in [0.717, 1.165) is 12.8 Å². The van der Waals surface area contributed by atoms with Gasteiger partial charge in [0.1, 0.15) is 6.04 Å². The van der Waals surface area contributed by atoms with Crippen molar-refractivity contribution in [1.29, 1.82) is 0 Å². The summed E-state index contributed by atoms with van der Waals surface area (Å²) in [5, 5.41) is 9.79. The number of hydrogen-bond donors (Lipinski definition) is 5. The molecule has 204 valence electrons. The van der Waals surface area contributed by atoms with E-state index in [-0.39, 0.29) is 0 Å². The van der Waals surface area contributed by atoms with E-state index in [1.807, 2.05) is 0 Å². The molecule has 34 heavy (non-hydrogen) atoms. The van der Waals surface area contributed by atoms with Gasteiger partial charge in [0.25, 0.3) is 0 Å². The van der Waals surface area contributed by atoms with Crippen LogP contribution in [0.15, 0.2) is 0 Å². The largest absolute Gasteiger partial charge is 0.490 e. The van der Waals surface area contributed by atoms with Crippen molar-refractivity contribution in [2.75, 3.05) is 13.2 Å². The van der Waals surface area contributed by atoms with Crippen LogP contribution in [0.25, 0.3) is 0 Å². The van der Waals surface area contributed by atoms with Crippen molar-refractivity contribution in [2.24, 2.45) is 5.73 Å². The van der Waals surface area contributed by atoms with Gasteiger partial charge < -0.3 is 25.9 Å². The van der Waals surface area contributed by atoms with Crippen molar-refractivity contribution < 1.29 is 46.7 Å². The molecule has 0 aliphatic rings. The normalized spacial score (nSPS) is 12.6. The number of halogens is 3. The fraction of sp³-hybridized carbons (Fsp3) is 0.905. The minimum atomic E-state index is -5.08. The summed E-state index contributed by atoms with van der Waals surface area (Å²) in [5.74, 6) is -3.20. The van der Waals surface area contributed by atoms with Gasteiger partial charge in [0, 0.05) is 6.54 Å². The number of nitrogens with two attached hydrogens (primary N) is 1. The molecule has 1 atom stereocenters. The maximum Gasteiger partial charge on any atom is 0.490 e. The number of hydrogen-bond acceptors (Lipinski definition) is 5. The van der Waals surface area contributed by atoms with Gasteiger partial charge in [-0.05, 0) is 6.42 Å². The third-order valence-electron chi connectivity index (χ3n) is 4.83. The molecule has 0 aliphatic heterocycles. The number of unbranched alkanes of at least 4 members (excludes halogenated alkanes) is 13. The summed E-state index contributed by atoms with van der Waals surface area (Å²) < 4.78 is 46.5. The molecule has 0 saturated heterocycles. The number of carbonyl (C=O) groups excluding carboxylic acids is 1. The van der Waals surface area contributed by atoms with Crippen LogP contribution in [0, 0.1) is 0 Å². The van der Waals surface area contributed by atoms with Crippen LogP contribution in [0.2, 0.25) is 0 Å². The molecule has 13 heteroatoms. The average molecular weight is 523 g/mol. The average Bonchev–Trinajstić information content (AvgIpc) is 2.73. The van der Waals surface area contributed by atoms with Crippen LogP contribution in [0.4, 0.5) is 13.2 Å². The van der Waals surface area contributed by atoms with Gasteiger partial charge in [0.15, 0.2) is 0 Å². The molecule has 0 aromatic rings. The van der Waals surface area contributed by atoms with Gasteiger partial charge in [-0.2, -0.15) is 13.2 Å².